The third-order valence-corrected chi connectivity index (χ3v) is 20.8. The molecule has 4 aromatic carbocycles. The van der Waals surface area contributed by atoms with Crippen LogP contribution in [0.3, 0.4) is 0 Å². The summed E-state index contributed by atoms with van der Waals surface area (Å²) in [5, 5.41) is 9.47. The first kappa shape index (κ1) is 41.1. The van der Waals surface area contributed by atoms with Crippen LogP contribution in [0.2, 0.25) is 36.3 Å². The Kier molecular flexibility index (Phi) is 19.0. The second kappa shape index (κ2) is 20.3. The summed E-state index contributed by atoms with van der Waals surface area (Å²) in [6.45, 7) is 4.79. The number of benzene rings is 2. The monoisotopic (exact) mass is 722 g/mol. The maximum Gasteiger partial charge on any atom is 2.00 e. The van der Waals surface area contributed by atoms with Crippen LogP contribution in [0.1, 0.15) is 39.5 Å². The van der Waals surface area contributed by atoms with Gasteiger partial charge in [-0.1, -0.05) is 75.1 Å². The number of allylic oxidation sites excluding steroid dienone is 8. The molecule has 44 heavy (non-hydrogen) atoms. The standard InChI is InChI=1S/2C14H17Si.2C5H5.2ClH.2Ti/c2*1-2-15(10-5-11-15)14-9-8-12-6-3-4-7-13(12)14;2*1-2-4-5-3-1;;;;/h2*3-4,6-9H,2,5,10-11H2,1H3;2*1-3H,4H2;2*1H;;/q4*-1;;;2*+2/p-2. The second-order valence-corrected chi connectivity index (χ2v) is 21.3. The van der Waals surface area contributed by atoms with E-state index in [2.05, 4.69) is 111 Å². The summed E-state index contributed by atoms with van der Waals surface area (Å²) in [7, 11) is -2.01. The normalized spacial score (nSPS) is 17.0. The molecular formula is C38H44Cl2Si2Ti2-2. The Balaban J connectivity index is 0.000000314. The van der Waals surface area contributed by atoms with E-state index in [1.54, 1.807) is 21.1 Å². The molecule has 0 saturated carbocycles. The quantitative estimate of drug-likeness (QED) is 0.222. The number of fused-ring (bicyclic) bond motifs is 2. The van der Waals surface area contributed by atoms with Crippen LogP contribution in [0, 0.1) is 12.2 Å². The van der Waals surface area contributed by atoms with Crippen LogP contribution in [0.5, 0.6) is 0 Å². The molecule has 0 N–H and O–H groups in total. The third kappa shape index (κ3) is 9.55. The van der Waals surface area contributed by atoms with Crippen LogP contribution in [0.25, 0.3) is 21.5 Å². The predicted molar refractivity (Wildman–Crippen MR) is 182 cm³/mol. The Morgan fingerprint density at radius 1 is 0.591 bits per heavy atom. The van der Waals surface area contributed by atoms with E-state index in [4.69, 9.17) is 0 Å². The molecule has 4 aromatic rings. The first-order chi connectivity index (χ1) is 19.7. The van der Waals surface area contributed by atoms with Crippen molar-refractivity contribution in [3.05, 3.63) is 121 Å². The van der Waals surface area contributed by atoms with Crippen LogP contribution >= 0.6 is 0 Å². The van der Waals surface area contributed by atoms with Crippen molar-refractivity contribution < 1.29 is 68.2 Å². The summed E-state index contributed by atoms with van der Waals surface area (Å²) in [5.41, 5.74) is 0. The van der Waals surface area contributed by atoms with E-state index < -0.39 is 16.1 Å². The smallest absolute Gasteiger partial charge is 1.00 e. The molecule has 0 radical (unpaired) electrons. The zero-order valence-corrected chi connectivity index (χ0v) is 32.9. The van der Waals surface area contributed by atoms with Crippen molar-refractivity contribution in [3.8, 4) is 0 Å². The summed E-state index contributed by atoms with van der Waals surface area (Å²) in [6.07, 6.45) is 22.9. The molecule has 2 saturated heterocycles. The van der Waals surface area contributed by atoms with Crippen LogP contribution in [-0.4, -0.2) is 16.1 Å². The van der Waals surface area contributed by atoms with Gasteiger partial charge in [-0.2, -0.15) is 36.4 Å². The van der Waals surface area contributed by atoms with Gasteiger partial charge in [0.15, 0.2) is 0 Å². The van der Waals surface area contributed by atoms with Crippen molar-refractivity contribution in [2.45, 2.75) is 75.8 Å². The van der Waals surface area contributed by atoms with Gasteiger partial charge in [0.1, 0.15) is 0 Å². The zero-order valence-electron chi connectivity index (χ0n) is 26.2. The van der Waals surface area contributed by atoms with Crippen molar-refractivity contribution in [1.82, 2.24) is 0 Å². The fraction of sp³-hybridized carbons (Fsp3) is 0.316. The van der Waals surface area contributed by atoms with Crippen LogP contribution in [0.4, 0.5) is 0 Å². The summed E-state index contributed by atoms with van der Waals surface area (Å²) in [6, 6.07) is 36.2. The van der Waals surface area contributed by atoms with E-state index in [0.29, 0.717) is 0 Å². The van der Waals surface area contributed by atoms with E-state index >= 15 is 0 Å². The van der Waals surface area contributed by atoms with Crippen LogP contribution < -0.4 is 35.2 Å². The molecule has 6 heteroatoms. The fourth-order valence-electron chi connectivity index (χ4n) is 6.74. The molecule has 0 amide bonds. The predicted octanol–water partition coefficient (Wildman–Crippen LogP) is 3.89. The molecule has 0 spiro atoms. The Morgan fingerprint density at radius 3 is 1.23 bits per heavy atom. The number of hydrogen-bond donors (Lipinski definition) is 0. The molecule has 2 heterocycles. The molecule has 0 unspecified atom stereocenters. The first-order valence-corrected chi connectivity index (χ1v) is 20.7. The zero-order chi connectivity index (χ0) is 27.7. The maximum atomic E-state index is 2.99. The van der Waals surface area contributed by atoms with Gasteiger partial charge in [-0.3, -0.25) is 12.2 Å². The van der Waals surface area contributed by atoms with Crippen molar-refractivity contribution >= 4 is 48.1 Å². The second-order valence-electron chi connectivity index (χ2n) is 11.6. The van der Waals surface area contributed by atoms with Gasteiger partial charge < -0.3 is 24.8 Å². The van der Waals surface area contributed by atoms with E-state index in [-0.39, 0.29) is 68.2 Å². The van der Waals surface area contributed by atoms with Gasteiger partial charge in [0, 0.05) is 16.1 Å². The molecule has 0 aromatic heterocycles. The minimum atomic E-state index is -1.01. The Hall–Kier alpha value is -0.938. The van der Waals surface area contributed by atoms with Crippen LogP contribution in [-0.2, 0) is 43.4 Å². The molecule has 8 rings (SSSR count). The average Bonchev–Trinajstić information content (AvgIpc) is 3.78. The average molecular weight is 724 g/mol. The van der Waals surface area contributed by atoms with E-state index in [1.807, 2.05) is 24.3 Å². The van der Waals surface area contributed by atoms with E-state index in [9.17, 15) is 0 Å². The molecule has 2 aliphatic heterocycles. The SMILES string of the molecule is CC[Si]1([c-]2ccc3ccccc32)CCC1.CC[Si]1([c-]2ccc3ccccc32)CCC1.[C-]1=CC=CC1.[C-]1=CC=CC1.[Cl-].[Cl-].[Ti+2].[Ti+2]. The maximum absolute atomic E-state index is 2.99. The number of hydrogen-bond acceptors (Lipinski definition) is 0. The summed E-state index contributed by atoms with van der Waals surface area (Å²) < 4.78 is 0. The Bertz CT molecular complexity index is 1360. The summed E-state index contributed by atoms with van der Waals surface area (Å²) in [4.78, 5) is 0. The third-order valence-electron chi connectivity index (χ3n) is 9.65. The van der Waals surface area contributed by atoms with Gasteiger partial charge in [0.2, 0.25) is 0 Å². The van der Waals surface area contributed by atoms with Crippen LogP contribution in [0.15, 0.2) is 109 Å². The van der Waals surface area contributed by atoms with Gasteiger partial charge in [0.05, 0.1) is 0 Å². The Labute approximate surface area is 310 Å². The van der Waals surface area contributed by atoms with E-state index in [0.717, 1.165) is 12.8 Å². The van der Waals surface area contributed by atoms with Crippen molar-refractivity contribution in [3.63, 3.8) is 0 Å². The van der Waals surface area contributed by atoms with Crippen molar-refractivity contribution in [1.29, 1.82) is 0 Å². The number of rotatable bonds is 4. The topological polar surface area (TPSA) is 0 Å². The minimum absolute atomic E-state index is 0. The summed E-state index contributed by atoms with van der Waals surface area (Å²) in [5.74, 6) is 0. The molecule has 0 atom stereocenters. The fourth-order valence-corrected chi connectivity index (χ4v) is 14.9. The summed E-state index contributed by atoms with van der Waals surface area (Å²) >= 11 is 0. The first-order valence-electron chi connectivity index (χ1n) is 15.4. The Morgan fingerprint density at radius 2 is 0.977 bits per heavy atom. The van der Waals surface area contributed by atoms with Gasteiger partial charge in [-0.05, 0) is 0 Å². The molecular weight excluding hydrogens is 679 g/mol. The molecule has 4 aliphatic rings. The minimum Gasteiger partial charge on any atom is -1.00 e. The van der Waals surface area contributed by atoms with Gasteiger partial charge in [-0.15, -0.1) is 81.2 Å². The largest absolute Gasteiger partial charge is 2.00 e. The molecule has 0 nitrogen and oxygen atoms in total. The molecule has 228 valence electrons. The van der Waals surface area contributed by atoms with Gasteiger partial charge in [-0.25, -0.2) is 24.3 Å². The van der Waals surface area contributed by atoms with Gasteiger partial charge in [0.25, 0.3) is 0 Å². The van der Waals surface area contributed by atoms with Gasteiger partial charge >= 0.3 is 43.4 Å². The molecule has 0 bridgehead atoms. The number of halogens is 2. The van der Waals surface area contributed by atoms with Crippen molar-refractivity contribution in [2.24, 2.45) is 0 Å². The molecule has 2 aliphatic carbocycles. The molecule has 2 fully saturated rings. The van der Waals surface area contributed by atoms with E-state index in [1.165, 1.54) is 59.9 Å². The van der Waals surface area contributed by atoms with Crippen molar-refractivity contribution in [2.75, 3.05) is 0 Å².